The highest BCUT2D eigenvalue weighted by Crippen LogP contribution is 2.14. The number of ether oxygens (including phenoxy) is 1. The van der Waals surface area contributed by atoms with Gasteiger partial charge < -0.3 is 4.74 Å². The normalized spacial score (nSPS) is 11.3. The van der Waals surface area contributed by atoms with E-state index in [-0.39, 0.29) is 12.2 Å². The summed E-state index contributed by atoms with van der Waals surface area (Å²) in [6.07, 6.45) is -4.54. The van der Waals surface area contributed by atoms with Crippen molar-refractivity contribution in [1.29, 1.82) is 0 Å². The van der Waals surface area contributed by atoms with Crippen LogP contribution in [0.3, 0.4) is 0 Å². The van der Waals surface area contributed by atoms with Gasteiger partial charge in [-0.25, -0.2) is 0 Å². The van der Waals surface area contributed by atoms with Crippen LogP contribution in [0.2, 0.25) is 0 Å². The van der Waals surface area contributed by atoms with Gasteiger partial charge >= 0.3 is 12.1 Å². The Hall–Kier alpha value is -0.390. The van der Waals surface area contributed by atoms with Gasteiger partial charge in [0.25, 0.3) is 0 Å². The van der Waals surface area contributed by atoms with E-state index in [4.69, 9.17) is 0 Å². The Labute approximate surface area is 67.1 Å². The van der Waals surface area contributed by atoms with Crippen molar-refractivity contribution in [3.63, 3.8) is 0 Å². The second-order valence-electron chi connectivity index (χ2n) is 1.75. The van der Waals surface area contributed by atoms with Crippen molar-refractivity contribution >= 4 is 18.6 Å². The molecule has 0 N–H and O–H groups in total. The van der Waals surface area contributed by atoms with Crippen LogP contribution < -0.4 is 0 Å². The second-order valence-corrected chi connectivity index (χ2v) is 2.20. The Bertz CT molecular complexity index is 134. The van der Waals surface area contributed by atoms with Crippen molar-refractivity contribution in [2.45, 2.75) is 12.6 Å². The zero-order valence-electron chi connectivity index (χ0n) is 5.52. The molecule has 2 nitrogen and oxygen atoms in total. The van der Waals surface area contributed by atoms with Crippen LogP contribution in [0, 0.1) is 0 Å². The summed E-state index contributed by atoms with van der Waals surface area (Å²) in [4.78, 5) is 10.3. The van der Waals surface area contributed by atoms with Crippen LogP contribution in [0.4, 0.5) is 13.2 Å². The van der Waals surface area contributed by atoms with E-state index in [9.17, 15) is 18.0 Å². The summed E-state index contributed by atoms with van der Waals surface area (Å²) in [5.74, 6) is -0.686. The van der Waals surface area contributed by atoms with Gasteiger partial charge in [-0.2, -0.15) is 25.8 Å². The fourth-order valence-corrected chi connectivity index (χ4v) is 0.508. The van der Waals surface area contributed by atoms with Crippen molar-refractivity contribution in [3.8, 4) is 0 Å². The van der Waals surface area contributed by atoms with E-state index in [1.54, 1.807) is 0 Å². The van der Waals surface area contributed by atoms with Gasteiger partial charge in [-0.05, 0) is 0 Å². The standard InChI is InChI=1S/C5H7F3O2S/c6-5(7,8)3-10-4(9)1-2-11/h11H,1-3H2. The molecule has 0 rings (SSSR count). The highest BCUT2D eigenvalue weighted by Gasteiger charge is 2.29. The SMILES string of the molecule is O=C(CCS)OCC(F)(F)F. The minimum absolute atomic E-state index is 0.0980. The first-order valence-electron chi connectivity index (χ1n) is 2.79. The fourth-order valence-electron chi connectivity index (χ4n) is 0.326. The Morgan fingerprint density at radius 3 is 2.36 bits per heavy atom. The summed E-state index contributed by atoms with van der Waals surface area (Å²) in [5, 5.41) is 0. The van der Waals surface area contributed by atoms with Gasteiger partial charge in [0.2, 0.25) is 0 Å². The predicted octanol–water partition coefficient (Wildman–Crippen LogP) is 1.41. The molecule has 0 aliphatic heterocycles. The maximum atomic E-state index is 11.4. The number of halogens is 3. The molecular formula is C5H7F3O2S. The van der Waals surface area contributed by atoms with E-state index in [1.165, 1.54) is 0 Å². The maximum Gasteiger partial charge on any atom is 0.422 e. The fraction of sp³-hybridized carbons (Fsp3) is 0.800. The van der Waals surface area contributed by atoms with Crippen LogP contribution >= 0.6 is 12.6 Å². The molecule has 0 saturated carbocycles. The second kappa shape index (κ2) is 4.48. The maximum absolute atomic E-state index is 11.4. The number of rotatable bonds is 3. The monoisotopic (exact) mass is 188 g/mol. The van der Waals surface area contributed by atoms with E-state index >= 15 is 0 Å². The Balaban J connectivity index is 3.46. The van der Waals surface area contributed by atoms with Crippen molar-refractivity contribution in [1.82, 2.24) is 0 Å². The number of hydrogen-bond donors (Lipinski definition) is 1. The summed E-state index contributed by atoms with van der Waals surface area (Å²) < 4.78 is 37.9. The number of carbonyl (C=O) groups is 1. The van der Waals surface area contributed by atoms with E-state index in [0.717, 1.165) is 0 Å². The molecule has 0 aliphatic rings. The number of esters is 1. The molecule has 66 valence electrons. The molecule has 0 aromatic rings. The van der Waals surface area contributed by atoms with Crippen molar-refractivity contribution < 1.29 is 22.7 Å². The molecule has 0 heterocycles. The highest BCUT2D eigenvalue weighted by molar-refractivity contribution is 7.80. The number of thiol groups is 1. The Morgan fingerprint density at radius 2 is 2.00 bits per heavy atom. The van der Waals surface area contributed by atoms with E-state index < -0.39 is 18.8 Å². The van der Waals surface area contributed by atoms with Gasteiger partial charge in [0.1, 0.15) is 0 Å². The molecule has 0 aliphatic carbocycles. The van der Waals surface area contributed by atoms with E-state index in [1.807, 2.05) is 0 Å². The third kappa shape index (κ3) is 7.51. The van der Waals surface area contributed by atoms with Crippen LogP contribution in [-0.4, -0.2) is 24.5 Å². The lowest BCUT2D eigenvalue weighted by molar-refractivity contribution is -0.185. The minimum Gasteiger partial charge on any atom is -0.456 e. The third-order valence-corrected chi connectivity index (χ3v) is 0.936. The first kappa shape index (κ1) is 10.6. The van der Waals surface area contributed by atoms with Crippen LogP contribution in [-0.2, 0) is 9.53 Å². The lowest BCUT2D eigenvalue weighted by Crippen LogP contribution is -2.20. The van der Waals surface area contributed by atoms with E-state index in [2.05, 4.69) is 17.4 Å². The summed E-state index contributed by atoms with van der Waals surface area (Å²) in [7, 11) is 0. The largest absolute Gasteiger partial charge is 0.456 e. The molecule has 0 atom stereocenters. The quantitative estimate of drug-likeness (QED) is 0.535. The topological polar surface area (TPSA) is 26.3 Å². The molecule has 0 unspecified atom stereocenters. The summed E-state index contributed by atoms with van der Waals surface area (Å²) in [6.45, 7) is -1.51. The average Bonchev–Trinajstić information content (AvgIpc) is 1.83. The molecule has 0 aromatic heterocycles. The summed E-state index contributed by atoms with van der Waals surface area (Å²) in [5.41, 5.74) is 0. The molecule has 11 heavy (non-hydrogen) atoms. The first-order chi connectivity index (χ1) is 4.95. The Morgan fingerprint density at radius 1 is 1.45 bits per heavy atom. The zero-order valence-corrected chi connectivity index (χ0v) is 6.41. The Kier molecular flexibility index (Phi) is 4.32. The molecule has 0 spiro atoms. The smallest absolute Gasteiger partial charge is 0.422 e. The van der Waals surface area contributed by atoms with Crippen molar-refractivity contribution in [3.05, 3.63) is 0 Å². The zero-order chi connectivity index (χ0) is 8.91. The van der Waals surface area contributed by atoms with Crippen LogP contribution in [0.1, 0.15) is 6.42 Å². The molecule has 0 radical (unpaired) electrons. The van der Waals surface area contributed by atoms with Gasteiger partial charge in [-0.1, -0.05) is 0 Å². The van der Waals surface area contributed by atoms with E-state index in [0.29, 0.717) is 0 Å². The highest BCUT2D eigenvalue weighted by atomic mass is 32.1. The molecule has 0 aromatic carbocycles. The van der Waals surface area contributed by atoms with Gasteiger partial charge in [0.05, 0.1) is 6.42 Å². The molecular weight excluding hydrogens is 181 g/mol. The number of hydrogen-bond acceptors (Lipinski definition) is 3. The van der Waals surface area contributed by atoms with Gasteiger partial charge in [0, 0.05) is 5.75 Å². The van der Waals surface area contributed by atoms with Crippen molar-refractivity contribution in [2.24, 2.45) is 0 Å². The molecule has 0 bridgehead atoms. The summed E-state index contributed by atoms with van der Waals surface area (Å²) in [6, 6.07) is 0. The van der Waals surface area contributed by atoms with Crippen LogP contribution in [0.15, 0.2) is 0 Å². The van der Waals surface area contributed by atoms with Crippen LogP contribution in [0.5, 0.6) is 0 Å². The lowest BCUT2D eigenvalue weighted by Gasteiger charge is -2.06. The number of alkyl halides is 3. The molecule has 0 fully saturated rings. The number of carbonyl (C=O) groups excluding carboxylic acids is 1. The van der Waals surface area contributed by atoms with Gasteiger partial charge in [-0.3, -0.25) is 4.79 Å². The first-order valence-corrected chi connectivity index (χ1v) is 3.42. The predicted molar refractivity (Wildman–Crippen MR) is 35.5 cm³/mol. The van der Waals surface area contributed by atoms with Gasteiger partial charge in [-0.15, -0.1) is 0 Å². The average molecular weight is 188 g/mol. The molecule has 0 saturated heterocycles. The minimum atomic E-state index is -4.44. The summed E-state index contributed by atoms with van der Waals surface area (Å²) >= 11 is 3.64. The third-order valence-electron chi connectivity index (χ3n) is 0.713. The lowest BCUT2D eigenvalue weighted by atomic mass is 10.5. The molecule has 6 heteroatoms. The van der Waals surface area contributed by atoms with Gasteiger partial charge in [0.15, 0.2) is 6.61 Å². The molecule has 0 amide bonds. The van der Waals surface area contributed by atoms with Crippen molar-refractivity contribution in [2.75, 3.05) is 12.4 Å². The van der Waals surface area contributed by atoms with Crippen LogP contribution in [0.25, 0.3) is 0 Å².